The number of aromatic nitrogens is 2. The van der Waals surface area contributed by atoms with Crippen LogP contribution in [0.25, 0.3) is 0 Å². The molecular weight excluding hydrogens is 365 g/mol. The number of nitrogens with two attached hydrogens (primary N) is 1. The van der Waals surface area contributed by atoms with Crippen LogP contribution in [0, 0.1) is 0 Å². The zero-order valence-electron chi connectivity index (χ0n) is 14.7. The summed E-state index contributed by atoms with van der Waals surface area (Å²) in [6, 6.07) is 0. The third-order valence-corrected chi connectivity index (χ3v) is 5.86. The van der Waals surface area contributed by atoms with Gasteiger partial charge in [-0.15, -0.1) is 0 Å². The molecule has 144 valence electrons. The van der Waals surface area contributed by atoms with E-state index in [1.807, 2.05) is 6.92 Å². The Morgan fingerprint density at radius 1 is 1.62 bits per heavy atom. The molecule has 2 unspecified atom stereocenters. The minimum atomic E-state index is -3.23. The Bertz CT molecular complexity index is 795. The summed E-state index contributed by atoms with van der Waals surface area (Å²) in [5, 5.41) is 14.0. The second-order valence-electron chi connectivity index (χ2n) is 6.68. The molecule has 3 aliphatic heterocycles. The molecule has 0 radical (unpaired) electrons. The summed E-state index contributed by atoms with van der Waals surface area (Å²) in [5.74, 6) is 0.592. The van der Waals surface area contributed by atoms with E-state index in [0.717, 1.165) is 0 Å². The second kappa shape index (κ2) is 6.01. The van der Waals surface area contributed by atoms with Crippen LogP contribution in [-0.4, -0.2) is 58.3 Å². The summed E-state index contributed by atoms with van der Waals surface area (Å²) in [4.78, 5) is 8.62. The lowest BCUT2D eigenvalue weighted by Gasteiger charge is -2.34. The van der Waals surface area contributed by atoms with Crippen LogP contribution < -0.4 is 11.1 Å². The molecule has 4 N–H and O–H groups in total. The van der Waals surface area contributed by atoms with Crippen molar-refractivity contribution in [1.29, 1.82) is 0 Å². The van der Waals surface area contributed by atoms with E-state index in [-0.39, 0.29) is 12.6 Å². The first-order valence-corrected chi connectivity index (χ1v) is 10.3. The van der Waals surface area contributed by atoms with Gasteiger partial charge in [0.15, 0.2) is 24.2 Å². The van der Waals surface area contributed by atoms with Gasteiger partial charge in [-0.05, 0) is 13.8 Å². The zero-order valence-corrected chi connectivity index (χ0v) is 15.6. The predicted molar refractivity (Wildman–Crippen MR) is 89.9 cm³/mol. The van der Waals surface area contributed by atoms with Crippen molar-refractivity contribution < 1.29 is 28.2 Å². The van der Waals surface area contributed by atoms with Crippen LogP contribution in [0.15, 0.2) is 11.3 Å². The summed E-state index contributed by atoms with van der Waals surface area (Å²) in [6.07, 6.45) is -1.28. The standard InChI is InChI=1S/C14H22N5O6P/c1-4-22-11-8-10(17-13(15)18-11)19(6-16-8)12-14(2,20)9-7(24-12)5-23-26(3,21)25-9/h6-7,9,11-12,20H,4-5H2,1-3H3,(H3,15,17,18)/t7-,9-,11?,12-,14-,26?/m1/s1. The van der Waals surface area contributed by atoms with E-state index in [2.05, 4.69) is 15.3 Å². The largest absolute Gasteiger partial charge is 0.383 e. The first-order chi connectivity index (χ1) is 12.2. The maximum absolute atomic E-state index is 12.2. The number of fused-ring (bicyclic) bond motifs is 2. The number of hydrogen-bond donors (Lipinski definition) is 3. The van der Waals surface area contributed by atoms with Crippen molar-refractivity contribution in [2.45, 2.75) is 44.1 Å². The van der Waals surface area contributed by atoms with Gasteiger partial charge in [-0.2, -0.15) is 4.99 Å². The maximum atomic E-state index is 12.2. The minimum absolute atomic E-state index is 0.0660. The molecule has 3 aliphatic rings. The van der Waals surface area contributed by atoms with Crippen molar-refractivity contribution in [2.24, 2.45) is 10.7 Å². The summed E-state index contributed by atoms with van der Waals surface area (Å²) < 4.78 is 36.0. The molecule has 0 amide bonds. The third-order valence-electron chi connectivity index (χ3n) is 4.63. The van der Waals surface area contributed by atoms with Crippen molar-refractivity contribution in [2.75, 3.05) is 19.9 Å². The molecule has 0 spiro atoms. The molecule has 2 saturated heterocycles. The molecule has 4 rings (SSSR count). The van der Waals surface area contributed by atoms with Crippen molar-refractivity contribution in [3.8, 4) is 0 Å². The second-order valence-corrected chi connectivity index (χ2v) is 8.69. The monoisotopic (exact) mass is 387 g/mol. The smallest absolute Gasteiger partial charge is 0.328 e. The first kappa shape index (κ1) is 17.9. The van der Waals surface area contributed by atoms with Crippen LogP contribution in [0.3, 0.4) is 0 Å². The first-order valence-electron chi connectivity index (χ1n) is 8.30. The molecule has 0 aromatic carbocycles. The normalized spacial score (nSPS) is 41.9. The van der Waals surface area contributed by atoms with Gasteiger partial charge in [-0.3, -0.25) is 13.7 Å². The summed E-state index contributed by atoms with van der Waals surface area (Å²) in [7, 11) is -3.23. The fourth-order valence-electron chi connectivity index (χ4n) is 3.46. The third kappa shape index (κ3) is 2.75. The van der Waals surface area contributed by atoms with Crippen molar-refractivity contribution in [1.82, 2.24) is 14.9 Å². The number of hydrogen-bond acceptors (Lipinski definition) is 10. The van der Waals surface area contributed by atoms with Crippen LogP contribution in [0.1, 0.15) is 32.0 Å². The quantitative estimate of drug-likeness (QED) is 0.626. The molecule has 0 bridgehead atoms. The Morgan fingerprint density at radius 2 is 2.38 bits per heavy atom. The van der Waals surface area contributed by atoms with Crippen LogP contribution >= 0.6 is 7.60 Å². The van der Waals surface area contributed by atoms with E-state index in [1.165, 1.54) is 13.0 Å². The van der Waals surface area contributed by atoms with Gasteiger partial charge in [-0.25, -0.2) is 4.98 Å². The number of aliphatic hydroxyl groups is 1. The lowest BCUT2D eigenvalue weighted by atomic mass is 9.96. The van der Waals surface area contributed by atoms with Gasteiger partial charge in [0.05, 0.1) is 12.9 Å². The highest BCUT2D eigenvalue weighted by atomic mass is 31.2. The van der Waals surface area contributed by atoms with E-state index >= 15 is 0 Å². The molecule has 0 aliphatic carbocycles. The molecule has 1 aromatic heterocycles. The van der Waals surface area contributed by atoms with Gasteiger partial charge in [0.2, 0.25) is 0 Å². The summed E-state index contributed by atoms with van der Waals surface area (Å²) in [5.41, 5.74) is 4.90. The molecular formula is C14H22N5O6P. The van der Waals surface area contributed by atoms with Crippen molar-refractivity contribution in [3.05, 3.63) is 12.0 Å². The average molecular weight is 387 g/mol. The lowest BCUT2D eigenvalue weighted by molar-refractivity contribution is -0.0897. The van der Waals surface area contributed by atoms with E-state index in [0.29, 0.717) is 18.1 Å². The van der Waals surface area contributed by atoms with Crippen molar-refractivity contribution in [3.63, 3.8) is 0 Å². The topological polar surface area (TPSA) is 142 Å². The molecule has 6 atom stereocenters. The molecule has 2 fully saturated rings. The summed E-state index contributed by atoms with van der Waals surface area (Å²) >= 11 is 0. The Morgan fingerprint density at radius 3 is 3.12 bits per heavy atom. The van der Waals surface area contributed by atoms with Crippen molar-refractivity contribution >= 4 is 19.4 Å². The zero-order chi connectivity index (χ0) is 18.7. The molecule has 1 aromatic rings. The molecule has 12 heteroatoms. The molecule has 26 heavy (non-hydrogen) atoms. The number of nitrogens with zero attached hydrogens (tertiary/aromatic N) is 3. The van der Waals surface area contributed by atoms with E-state index in [1.54, 1.807) is 11.5 Å². The van der Waals surface area contributed by atoms with Gasteiger partial charge in [0.1, 0.15) is 23.5 Å². The maximum Gasteiger partial charge on any atom is 0.328 e. The predicted octanol–water partition coefficient (Wildman–Crippen LogP) is 0.354. The molecule has 11 nitrogen and oxygen atoms in total. The fourth-order valence-corrected chi connectivity index (χ4v) is 4.70. The number of nitrogens with one attached hydrogen (secondary N) is 1. The van der Waals surface area contributed by atoms with Crippen LogP contribution in [0.4, 0.5) is 5.82 Å². The van der Waals surface area contributed by atoms with E-state index in [9.17, 15) is 9.67 Å². The SMILES string of the molecule is CCOC1NC(N)=Nc2c1ncn2[C@@H]1O[C@@H]2COP(C)(=O)O[C@H]2[C@@]1(C)O. The number of imidazole rings is 1. The lowest BCUT2D eigenvalue weighted by Crippen LogP contribution is -2.47. The minimum Gasteiger partial charge on any atom is -0.383 e. The highest BCUT2D eigenvalue weighted by molar-refractivity contribution is 7.53. The Labute approximate surface area is 150 Å². The Hall–Kier alpha value is -1.49. The number of ether oxygens (including phenoxy) is 2. The molecule has 0 saturated carbocycles. The van der Waals surface area contributed by atoms with E-state index in [4.69, 9.17) is 24.3 Å². The highest BCUT2D eigenvalue weighted by Gasteiger charge is 2.59. The number of guanidine groups is 1. The highest BCUT2D eigenvalue weighted by Crippen LogP contribution is 2.56. The number of aliphatic imine (C=N–C) groups is 1. The number of rotatable bonds is 3. The average Bonchev–Trinajstić information content (AvgIpc) is 3.06. The van der Waals surface area contributed by atoms with Crippen LogP contribution in [0.5, 0.6) is 0 Å². The van der Waals surface area contributed by atoms with Crippen LogP contribution in [-0.2, 0) is 23.1 Å². The van der Waals surface area contributed by atoms with Gasteiger partial charge >= 0.3 is 7.60 Å². The van der Waals surface area contributed by atoms with Gasteiger partial charge < -0.3 is 30.2 Å². The van der Waals surface area contributed by atoms with Gasteiger partial charge in [0, 0.05) is 13.3 Å². The van der Waals surface area contributed by atoms with Gasteiger partial charge in [0.25, 0.3) is 0 Å². The Kier molecular flexibility index (Phi) is 4.14. The molecule has 4 heterocycles. The van der Waals surface area contributed by atoms with Gasteiger partial charge in [-0.1, -0.05) is 0 Å². The Balaban J connectivity index is 1.70. The fraction of sp³-hybridized carbons (Fsp3) is 0.714. The van der Waals surface area contributed by atoms with Crippen LogP contribution in [0.2, 0.25) is 0 Å². The summed E-state index contributed by atoms with van der Waals surface area (Å²) in [6.45, 7) is 5.31. The van der Waals surface area contributed by atoms with E-state index < -0.39 is 37.9 Å².